The predicted molar refractivity (Wildman–Crippen MR) is 105 cm³/mol. The Labute approximate surface area is 153 Å². The third-order valence-electron chi connectivity index (χ3n) is 4.95. The third kappa shape index (κ3) is 3.53. The zero-order chi connectivity index (χ0) is 17.2. The fourth-order valence-corrected chi connectivity index (χ4v) is 4.64. The van der Waals surface area contributed by atoms with Gasteiger partial charge in [0, 0.05) is 31.1 Å². The first-order chi connectivity index (χ1) is 12.2. The number of anilines is 2. The Morgan fingerprint density at radius 3 is 2.56 bits per heavy atom. The largest absolute Gasteiger partial charge is 0.367 e. The first-order valence-electron chi connectivity index (χ1n) is 8.78. The Morgan fingerprint density at radius 2 is 1.76 bits per heavy atom. The lowest BCUT2D eigenvalue weighted by molar-refractivity contribution is -0.115. The van der Waals surface area contributed by atoms with Gasteiger partial charge in [-0.2, -0.15) is 0 Å². The molecule has 25 heavy (non-hydrogen) atoms. The molecule has 0 aromatic heterocycles. The van der Waals surface area contributed by atoms with Crippen molar-refractivity contribution in [1.29, 1.82) is 0 Å². The number of fused-ring (bicyclic) bond motifs is 1. The quantitative estimate of drug-likeness (QED) is 0.920. The number of hydrogen-bond acceptors (Lipinski definition) is 4. The van der Waals surface area contributed by atoms with E-state index in [1.165, 1.54) is 10.5 Å². The van der Waals surface area contributed by atoms with Crippen molar-refractivity contribution in [2.75, 3.05) is 43.4 Å². The summed E-state index contributed by atoms with van der Waals surface area (Å²) in [5, 5.41) is 3.14. The van der Waals surface area contributed by atoms with Crippen molar-refractivity contribution in [3.8, 4) is 0 Å². The fraction of sp³-hybridized carbons (Fsp3) is 0.350. The molecular weight excluding hydrogens is 330 g/mol. The van der Waals surface area contributed by atoms with Gasteiger partial charge in [0.2, 0.25) is 5.91 Å². The van der Waals surface area contributed by atoms with Crippen LogP contribution in [0.2, 0.25) is 0 Å². The van der Waals surface area contributed by atoms with Crippen molar-refractivity contribution in [2.45, 2.75) is 16.6 Å². The minimum absolute atomic E-state index is 0.0436. The summed E-state index contributed by atoms with van der Waals surface area (Å²) in [6.07, 6.45) is 0.809. The molecule has 4 nitrogen and oxygen atoms in total. The van der Waals surface area contributed by atoms with Crippen LogP contribution in [-0.2, 0) is 11.2 Å². The highest BCUT2D eigenvalue weighted by Gasteiger charge is 2.28. The number of carbonyl (C=O) groups excluding carboxylic acids is 1. The van der Waals surface area contributed by atoms with Gasteiger partial charge in [-0.15, -0.1) is 11.8 Å². The van der Waals surface area contributed by atoms with E-state index in [0.29, 0.717) is 0 Å². The minimum Gasteiger partial charge on any atom is -0.367 e. The third-order valence-corrected chi connectivity index (χ3v) is 6.26. The molecule has 1 N–H and O–H groups in total. The summed E-state index contributed by atoms with van der Waals surface area (Å²) in [5.74, 6) is 0.0998. The van der Waals surface area contributed by atoms with E-state index < -0.39 is 0 Å². The molecule has 2 aliphatic rings. The maximum Gasteiger partial charge on any atom is 0.238 e. The summed E-state index contributed by atoms with van der Waals surface area (Å²) < 4.78 is 0. The number of carbonyl (C=O) groups is 1. The Balaban J connectivity index is 1.47. The standard InChI is InChI=1S/C20H23N3OS/c1-22-10-12-23(13-11-22)17-8-4-3-7-16(17)21-20(24)19-14-15-6-2-5-9-18(15)25-19/h2-9,19H,10-14H2,1H3,(H,21,24). The number of para-hydroxylation sites is 2. The Bertz CT molecular complexity index is 746. The summed E-state index contributed by atoms with van der Waals surface area (Å²) in [7, 11) is 2.15. The highest BCUT2D eigenvalue weighted by atomic mass is 32.2. The summed E-state index contributed by atoms with van der Waals surface area (Å²) in [4.78, 5) is 18.7. The van der Waals surface area contributed by atoms with Gasteiger partial charge < -0.3 is 15.1 Å². The molecule has 0 aliphatic carbocycles. The second-order valence-electron chi connectivity index (χ2n) is 6.72. The molecule has 2 heterocycles. The summed E-state index contributed by atoms with van der Waals surface area (Å²) in [5.41, 5.74) is 3.33. The molecule has 1 atom stereocenters. The monoisotopic (exact) mass is 353 g/mol. The first-order valence-corrected chi connectivity index (χ1v) is 9.66. The average molecular weight is 353 g/mol. The van der Waals surface area contributed by atoms with Gasteiger partial charge in [-0.25, -0.2) is 0 Å². The van der Waals surface area contributed by atoms with Crippen LogP contribution >= 0.6 is 11.8 Å². The van der Waals surface area contributed by atoms with Crippen LogP contribution in [0.4, 0.5) is 11.4 Å². The van der Waals surface area contributed by atoms with Crippen molar-refractivity contribution in [3.63, 3.8) is 0 Å². The molecule has 1 fully saturated rings. The second kappa shape index (κ2) is 7.10. The zero-order valence-corrected chi connectivity index (χ0v) is 15.3. The first kappa shape index (κ1) is 16.5. The molecule has 5 heteroatoms. The smallest absolute Gasteiger partial charge is 0.238 e. The maximum atomic E-state index is 12.8. The Kier molecular flexibility index (Phi) is 4.68. The van der Waals surface area contributed by atoms with Gasteiger partial charge in [-0.05, 0) is 37.2 Å². The molecular formula is C20H23N3OS. The molecule has 1 unspecified atom stereocenters. The van der Waals surface area contributed by atoms with E-state index in [1.54, 1.807) is 11.8 Å². The Morgan fingerprint density at radius 1 is 1.04 bits per heavy atom. The van der Waals surface area contributed by atoms with Gasteiger partial charge in [0.25, 0.3) is 0 Å². The molecule has 1 saturated heterocycles. The van der Waals surface area contributed by atoms with Gasteiger partial charge in [-0.1, -0.05) is 30.3 Å². The predicted octanol–water partition coefficient (Wildman–Crippen LogP) is 3.09. The van der Waals surface area contributed by atoms with Crippen molar-refractivity contribution >= 4 is 29.0 Å². The molecule has 1 amide bonds. The lowest BCUT2D eigenvalue weighted by atomic mass is 10.1. The van der Waals surface area contributed by atoms with Gasteiger partial charge in [0.1, 0.15) is 0 Å². The lowest BCUT2D eigenvalue weighted by Gasteiger charge is -2.35. The van der Waals surface area contributed by atoms with E-state index in [0.717, 1.165) is 44.0 Å². The molecule has 2 aromatic rings. The van der Waals surface area contributed by atoms with E-state index >= 15 is 0 Å². The average Bonchev–Trinajstić information content (AvgIpc) is 3.07. The topological polar surface area (TPSA) is 35.6 Å². The van der Waals surface area contributed by atoms with E-state index in [4.69, 9.17) is 0 Å². The summed E-state index contributed by atoms with van der Waals surface area (Å²) in [6, 6.07) is 16.5. The van der Waals surface area contributed by atoms with E-state index in [1.807, 2.05) is 30.3 Å². The number of nitrogens with zero attached hydrogens (tertiary/aromatic N) is 2. The number of nitrogens with one attached hydrogen (secondary N) is 1. The zero-order valence-electron chi connectivity index (χ0n) is 14.4. The molecule has 2 aliphatic heterocycles. The number of benzene rings is 2. The normalized spacial score (nSPS) is 20.4. The van der Waals surface area contributed by atoms with Crippen LogP contribution in [0.1, 0.15) is 5.56 Å². The van der Waals surface area contributed by atoms with Crippen molar-refractivity contribution in [1.82, 2.24) is 4.90 Å². The molecule has 2 aromatic carbocycles. The number of likely N-dealkylation sites (N-methyl/N-ethyl adjacent to an activating group) is 1. The summed E-state index contributed by atoms with van der Waals surface area (Å²) in [6.45, 7) is 4.09. The Hall–Kier alpha value is -1.98. The van der Waals surface area contributed by atoms with Crippen LogP contribution in [0.3, 0.4) is 0 Å². The van der Waals surface area contributed by atoms with Crippen LogP contribution in [0, 0.1) is 0 Å². The lowest BCUT2D eigenvalue weighted by Crippen LogP contribution is -2.44. The maximum absolute atomic E-state index is 12.8. The van der Waals surface area contributed by atoms with Crippen LogP contribution in [0.5, 0.6) is 0 Å². The molecule has 0 radical (unpaired) electrons. The number of rotatable bonds is 3. The molecule has 130 valence electrons. The van der Waals surface area contributed by atoms with Gasteiger partial charge in [-0.3, -0.25) is 4.79 Å². The number of amides is 1. The molecule has 0 saturated carbocycles. The fourth-order valence-electron chi connectivity index (χ4n) is 3.44. The van der Waals surface area contributed by atoms with E-state index in [9.17, 15) is 4.79 Å². The van der Waals surface area contributed by atoms with Crippen molar-refractivity contribution < 1.29 is 4.79 Å². The van der Waals surface area contributed by atoms with Gasteiger partial charge in [0.15, 0.2) is 0 Å². The molecule has 0 spiro atoms. The van der Waals surface area contributed by atoms with Gasteiger partial charge in [0.05, 0.1) is 16.6 Å². The molecule has 4 rings (SSSR count). The highest BCUT2D eigenvalue weighted by Crippen LogP contribution is 2.37. The minimum atomic E-state index is -0.0436. The highest BCUT2D eigenvalue weighted by molar-refractivity contribution is 8.01. The summed E-state index contributed by atoms with van der Waals surface area (Å²) >= 11 is 1.67. The second-order valence-corrected chi connectivity index (χ2v) is 7.96. The van der Waals surface area contributed by atoms with Crippen molar-refractivity contribution in [3.05, 3.63) is 54.1 Å². The van der Waals surface area contributed by atoms with Crippen molar-refractivity contribution in [2.24, 2.45) is 0 Å². The van der Waals surface area contributed by atoms with E-state index in [-0.39, 0.29) is 11.2 Å². The van der Waals surface area contributed by atoms with Crippen LogP contribution in [0.15, 0.2) is 53.4 Å². The van der Waals surface area contributed by atoms with Crippen LogP contribution in [0.25, 0.3) is 0 Å². The molecule has 0 bridgehead atoms. The number of piperazine rings is 1. The van der Waals surface area contributed by atoms with Crippen LogP contribution in [-0.4, -0.2) is 49.3 Å². The van der Waals surface area contributed by atoms with Gasteiger partial charge >= 0.3 is 0 Å². The van der Waals surface area contributed by atoms with E-state index in [2.05, 4.69) is 40.4 Å². The number of hydrogen-bond donors (Lipinski definition) is 1. The SMILES string of the molecule is CN1CCN(c2ccccc2NC(=O)C2Cc3ccccc3S2)CC1. The van der Waals surface area contributed by atoms with Crippen LogP contribution < -0.4 is 10.2 Å². The number of thioether (sulfide) groups is 1.